The number of pyridine rings is 1. The fourth-order valence-electron chi connectivity index (χ4n) is 4.25. The molecule has 2 amide bonds. The van der Waals surface area contributed by atoms with Crippen LogP contribution in [0, 0.1) is 0 Å². The topological polar surface area (TPSA) is 69.6 Å². The van der Waals surface area contributed by atoms with Crippen LogP contribution >= 0.6 is 11.6 Å². The summed E-state index contributed by atoms with van der Waals surface area (Å²) in [5, 5.41) is 11.5. The van der Waals surface area contributed by atoms with Crippen LogP contribution in [0.15, 0.2) is 102 Å². The number of rotatable bonds is 5. The molecule has 3 aromatic carbocycles. The Morgan fingerprint density at radius 2 is 1.61 bits per heavy atom. The van der Waals surface area contributed by atoms with Crippen molar-refractivity contribution in [2.45, 2.75) is 12.1 Å². The van der Waals surface area contributed by atoms with Crippen molar-refractivity contribution in [1.29, 1.82) is 0 Å². The Hall–Kier alpha value is -4.37. The highest BCUT2D eigenvalue weighted by Gasteiger charge is 2.33. The molecule has 1 aromatic heterocycles. The highest BCUT2D eigenvalue weighted by molar-refractivity contribution is 6.31. The third-order valence-corrected chi connectivity index (χ3v) is 6.35. The Bertz CT molecular complexity index is 1480. The molecule has 6 nitrogen and oxygen atoms in total. The van der Waals surface area contributed by atoms with Crippen molar-refractivity contribution in [3.8, 4) is 0 Å². The number of alkyl halides is 3. The molecule has 0 saturated heterocycles. The van der Waals surface area contributed by atoms with Crippen LogP contribution in [-0.4, -0.2) is 23.3 Å². The van der Waals surface area contributed by atoms with E-state index >= 15 is 0 Å². The van der Waals surface area contributed by atoms with E-state index in [9.17, 15) is 18.0 Å². The first-order chi connectivity index (χ1) is 18.3. The van der Waals surface area contributed by atoms with Gasteiger partial charge in [-0.2, -0.15) is 18.3 Å². The molecule has 0 aliphatic carbocycles. The number of carbonyl (C=O) groups excluding carboxylic acids is 1. The molecule has 2 N–H and O–H groups in total. The largest absolute Gasteiger partial charge is 0.417 e. The molecule has 1 aliphatic rings. The second-order valence-corrected chi connectivity index (χ2v) is 9.00. The summed E-state index contributed by atoms with van der Waals surface area (Å²) < 4.78 is 39.5. The monoisotopic (exact) mass is 535 g/mol. The van der Waals surface area contributed by atoms with Crippen molar-refractivity contribution in [1.82, 2.24) is 4.98 Å². The van der Waals surface area contributed by atoms with Crippen LogP contribution in [0.3, 0.4) is 0 Å². The predicted molar refractivity (Wildman–Crippen MR) is 143 cm³/mol. The van der Waals surface area contributed by atoms with Gasteiger partial charge in [-0.15, -0.1) is 0 Å². The van der Waals surface area contributed by atoms with Gasteiger partial charge in [0.2, 0.25) is 0 Å². The first-order valence-corrected chi connectivity index (χ1v) is 12.0. The van der Waals surface area contributed by atoms with E-state index < -0.39 is 22.8 Å². The zero-order valence-corrected chi connectivity index (χ0v) is 20.5. The normalized spacial score (nSPS) is 15.2. The molecule has 0 bridgehead atoms. The van der Waals surface area contributed by atoms with Crippen molar-refractivity contribution in [3.05, 3.63) is 119 Å². The number of hydrogen-bond acceptors (Lipinski definition) is 4. The van der Waals surface area contributed by atoms with Gasteiger partial charge in [-0.25, -0.2) is 4.79 Å². The Balaban J connectivity index is 1.38. The van der Waals surface area contributed by atoms with Crippen molar-refractivity contribution in [2.75, 3.05) is 22.2 Å². The number of aromatic nitrogens is 1. The van der Waals surface area contributed by atoms with Gasteiger partial charge in [-0.3, -0.25) is 9.99 Å². The molecular weight excluding hydrogens is 515 g/mol. The molecule has 0 spiro atoms. The molecule has 5 rings (SSSR count). The van der Waals surface area contributed by atoms with Crippen LogP contribution in [0.25, 0.3) is 0 Å². The fraction of sp³-hybridized carbons (Fsp3) is 0.107. The van der Waals surface area contributed by atoms with Crippen molar-refractivity contribution in [3.63, 3.8) is 0 Å². The summed E-state index contributed by atoms with van der Waals surface area (Å²) in [6, 6.07) is 23.4. The molecule has 38 heavy (non-hydrogen) atoms. The van der Waals surface area contributed by atoms with E-state index in [1.807, 2.05) is 53.5 Å². The quantitative estimate of drug-likeness (QED) is 0.279. The van der Waals surface area contributed by atoms with E-state index in [0.717, 1.165) is 34.7 Å². The van der Waals surface area contributed by atoms with Crippen LogP contribution in [0.2, 0.25) is 5.02 Å². The van der Waals surface area contributed by atoms with E-state index in [2.05, 4.69) is 15.6 Å². The van der Waals surface area contributed by atoms with Crippen molar-refractivity contribution in [2.24, 2.45) is 5.10 Å². The lowest BCUT2D eigenvalue weighted by atomic mass is 9.91. The van der Waals surface area contributed by atoms with Gasteiger partial charge in [0.1, 0.15) is 0 Å². The highest BCUT2D eigenvalue weighted by Crippen LogP contribution is 2.36. The molecule has 1 aliphatic heterocycles. The lowest BCUT2D eigenvalue weighted by Gasteiger charge is -2.16. The van der Waals surface area contributed by atoms with Crippen molar-refractivity contribution >= 4 is 40.4 Å². The van der Waals surface area contributed by atoms with Crippen LogP contribution in [-0.2, 0) is 6.18 Å². The summed E-state index contributed by atoms with van der Waals surface area (Å²) in [6.45, 7) is 0.625. The minimum absolute atomic E-state index is 0.0354. The summed E-state index contributed by atoms with van der Waals surface area (Å²) >= 11 is 5.67. The fourth-order valence-corrected chi connectivity index (χ4v) is 4.48. The molecule has 1 unspecified atom stereocenters. The van der Waals surface area contributed by atoms with Gasteiger partial charge < -0.3 is 10.6 Å². The first kappa shape index (κ1) is 25.3. The van der Waals surface area contributed by atoms with Gasteiger partial charge in [-0.1, -0.05) is 41.9 Å². The molecule has 4 aromatic rings. The number of halogens is 4. The number of amides is 2. The minimum Gasteiger partial charge on any atom is -0.308 e. The number of para-hydroxylation sites is 1. The molecule has 0 saturated carbocycles. The zero-order chi connectivity index (χ0) is 26.7. The number of hydrazone groups is 1. The summed E-state index contributed by atoms with van der Waals surface area (Å²) in [5.74, 6) is -0.0443. The summed E-state index contributed by atoms with van der Waals surface area (Å²) in [7, 11) is 0. The van der Waals surface area contributed by atoms with Gasteiger partial charge in [0.05, 0.1) is 28.5 Å². The SMILES string of the molecule is O=C(Nc1cccc(C2=NN(c3ccccc3)CC2c2ccncc2)c1)Nc1ccc(Cl)c(C(F)(F)F)c1. The second-order valence-electron chi connectivity index (χ2n) is 8.59. The Labute approximate surface area is 221 Å². The van der Waals surface area contributed by atoms with Crippen LogP contribution in [0.1, 0.15) is 22.6 Å². The predicted octanol–water partition coefficient (Wildman–Crippen LogP) is 7.41. The average Bonchev–Trinajstić information content (AvgIpc) is 3.36. The summed E-state index contributed by atoms with van der Waals surface area (Å²) in [4.78, 5) is 16.7. The number of urea groups is 1. The lowest BCUT2D eigenvalue weighted by Crippen LogP contribution is -2.20. The molecule has 10 heteroatoms. The van der Waals surface area contributed by atoms with E-state index in [1.54, 1.807) is 30.6 Å². The number of nitrogens with zero attached hydrogens (tertiary/aromatic N) is 3. The van der Waals surface area contributed by atoms with Crippen LogP contribution in [0.5, 0.6) is 0 Å². The third kappa shape index (κ3) is 5.63. The van der Waals surface area contributed by atoms with Gasteiger partial charge >= 0.3 is 12.2 Å². The standard InChI is InChI=1S/C28H21ClF3N5O/c29-25-10-9-21(16-24(25)28(30,31)32)35-27(38)34-20-6-4-5-19(15-20)26-23(18-11-13-33-14-12-18)17-37(36-26)22-7-2-1-3-8-22/h1-16,23H,17H2,(H2,34,35,38). The number of hydrogen-bond donors (Lipinski definition) is 2. The number of anilines is 3. The maximum atomic E-state index is 13.2. The third-order valence-electron chi connectivity index (χ3n) is 6.02. The second kappa shape index (κ2) is 10.5. The number of benzene rings is 3. The Kier molecular flexibility index (Phi) is 7.02. The van der Waals surface area contributed by atoms with Crippen LogP contribution < -0.4 is 15.6 Å². The summed E-state index contributed by atoms with van der Waals surface area (Å²) in [6.07, 6.45) is -1.16. The van der Waals surface area contributed by atoms with Gasteiger partial charge in [-0.05, 0) is 60.2 Å². The molecule has 192 valence electrons. The van der Waals surface area contributed by atoms with E-state index in [1.165, 1.54) is 6.07 Å². The molecule has 1 atom stereocenters. The van der Waals surface area contributed by atoms with Crippen molar-refractivity contribution < 1.29 is 18.0 Å². The Morgan fingerprint density at radius 1 is 0.895 bits per heavy atom. The molecule has 2 heterocycles. The highest BCUT2D eigenvalue weighted by atomic mass is 35.5. The summed E-state index contributed by atoms with van der Waals surface area (Å²) in [5.41, 5.74) is 3.02. The lowest BCUT2D eigenvalue weighted by molar-refractivity contribution is -0.137. The maximum absolute atomic E-state index is 13.2. The molecular formula is C28H21ClF3N5O. The first-order valence-electron chi connectivity index (χ1n) is 11.6. The smallest absolute Gasteiger partial charge is 0.308 e. The number of carbonyl (C=O) groups is 1. The van der Waals surface area contributed by atoms with E-state index in [-0.39, 0.29) is 11.6 Å². The van der Waals surface area contributed by atoms with E-state index in [4.69, 9.17) is 16.7 Å². The van der Waals surface area contributed by atoms with Gasteiger partial charge in [0.25, 0.3) is 0 Å². The Morgan fingerprint density at radius 3 is 2.32 bits per heavy atom. The molecule has 0 fully saturated rings. The zero-order valence-electron chi connectivity index (χ0n) is 19.8. The molecule has 0 radical (unpaired) electrons. The van der Waals surface area contributed by atoms with Crippen LogP contribution in [0.4, 0.5) is 35.0 Å². The average molecular weight is 536 g/mol. The van der Waals surface area contributed by atoms with Gasteiger partial charge in [0, 0.05) is 35.2 Å². The minimum atomic E-state index is -4.64. The maximum Gasteiger partial charge on any atom is 0.417 e. The van der Waals surface area contributed by atoms with Gasteiger partial charge in [0.15, 0.2) is 0 Å². The number of nitrogens with one attached hydrogen (secondary N) is 2. The van der Waals surface area contributed by atoms with E-state index in [0.29, 0.717) is 12.2 Å².